The molecule has 0 atom stereocenters. The fourth-order valence-electron chi connectivity index (χ4n) is 4.17. The molecular formula is C26H23F3N4O3. The number of carbonyl (C=O) groups is 1. The molecule has 10 heteroatoms. The number of rotatable bonds is 6. The number of amides is 1. The largest absolute Gasteiger partial charge is 0.468 e. The third kappa shape index (κ3) is 5.28. The molecular weight excluding hydrogens is 473 g/mol. The number of hydrogen-bond acceptors (Lipinski definition) is 6. The molecule has 4 aromatic rings. The van der Waals surface area contributed by atoms with Crippen molar-refractivity contribution in [3.05, 3.63) is 90.3 Å². The van der Waals surface area contributed by atoms with Gasteiger partial charge in [0, 0.05) is 44.1 Å². The number of nitrogens with one attached hydrogen (secondary N) is 1. The zero-order chi connectivity index (χ0) is 25.1. The van der Waals surface area contributed by atoms with Gasteiger partial charge in [0.05, 0.1) is 29.7 Å². The number of pyridine rings is 1. The molecule has 186 valence electrons. The predicted molar refractivity (Wildman–Crippen MR) is 128 cm³/mol. The molecule has 1 fully saturated rings. The molecule has 0 unspecified atom stereocenters. The molecule has 1 saturated heterocycles. The van der Waals surface area contributed by atoms with Gasteiger partial charge >= 0.3 is 6.18 Å². The van der Waals surface area contributed by atoms with Gasteiger partial charge in [-0.3, -0.25) is 14.7 Å². The highest BCUT2D eigenvalue weighted by atomic mass is 19.4. The summed E-state index contributed by atoms with van der Waals surface area (Å²) in [6.07, 6.45) is 0.280. The van der Waals surface area contributed by atoms with Crippen molar-refractivity contribution in [1.29, 1.82) is 0 Å². The summed E-state index contributed by atoms with van der Waals surface area (Å²) in [4.78, 5) is 21.1. The van der Waals surface area contributed by atoms with Gasteiger partial charge in [0.2, 0.25) is 0 Å². The van der Waals surface area contributed by atoms with E-state index in [0.29, 0.717) is 44.2 Å². The molecule has 4 heterocycles. The van der Waals surface area contributed by atoms with Crippen LogP contribution in [0.1, 0.15) is 21.9 Å². The molecule has 1 N–H and O–H groups in total. The molecule has 7 nitrogen and oxygen atoms in total. The number of alkyl halides is 3. The summed E-state index contributed by atoms with van der Waals surface area (Å²) in [5.41, 5.74) is 0.497. The van der Waals surface area contributed by atoms with Crippen LogP contribution in [0.25, 0.3) is 11.3 Å². The number of furan rings is 2. The monoisotopic (exact) mass is 496 g/mol. The van der Waals surface area contributed by atoms with E-state index in [-0.39, 0.29) is 11.4 Å². The number of piperazine rings is 1. The third-order valence-corrected chi connectivity index (χ3v) is 6.04. The number of hydrogen-bond donors (Lipinski definition) is 1. The zero-order valence-electron chi connectivity index (χ0n) is 19.2. The van der Waals surface area contributed by atoms with E-state index in [1.54, 1.807) is 36.9 Å². The summed E-state index contributed by atoms with van der Waals surface area (Å²) in [6.45, 7) is 3.23. The maximum Gasteiger partial charge on any atom is 0.416 e. The summed E-state index contributed by atoms with van der Waals surface area (Å²) in [5, 5.41) is 2.63. The van der Waals surface area contributed by atoms with E-state index in [4.69, 9.17) is 8.83 Å². The molecule has 0 spiro atoms. The first-order valence-electron chi connectivity index (χ1n) is 11.4. The number of carbonyl (C=O) groups excluding carboxylic acids is 1. The SMILES string of the molecule is O=C(Nc1cc(C(F)(F)F)ccc1N1CCN(Cc2ccco2)CC1)c1ccc(-c2ccncc2)o1. The molecule has 0 saturated carbocycles. The standard InChI is InChI=1S/C26H23F3N4O3/c27-26(28,29)19-3-4-22(33-13-11-32(12-14-33)17-20-2-1-15-35-20)21(16-19)31-25(34)24-6-5-23(36-24)18-7-9-30-10-8-18/h1-10,15-16H,11-14,17H2,(H,31,34). The summed E-state index contributed by atoms with van der Waals surface area (Å²) in [7, 11) is 0. The third-order valence-electron chi connectivity index (χ3n) is 6.04. The minimum absolute atomic E-state index is 0.00607. The topological polar surface area (TPSA) is 74.8 Å². The van der Waals surface area contributed by atoms with Gasteiger partial charge in [0.15, 0.2) is 5.76 Å². The normalized spacial score (nSPS) is 14.7. The Labute approximate surface area is 205 Å². The number of benzene rings is 1. The molecule has 1 aliphatic rings. The van der Waals surface area contributed by atoms with Crippen molar-refractivity contribution >= 4 is 17.3 Å². The highest BCUT2D eigenvalue weighted by Gasteiger charge is 2.32. The van der Waals surface area contributed by atoms with E-state index in [1.807, 2.05) is 17.0 Å². The summed E-state index contributed by atoms with van der Waals surface area (Å²) in [6, 6.07) is 13.7. The zero-order valence-corrected chi connectivity index (χ0v) is 19.2. The van der Waals surface area contributed by atoms with Crippen LogP contribution >= 0.6 is 0 Å². The van der Waals surface area contributed by atoms with Gasteiger partial charge in [-0.2, -0.15) is 13.2 Å². The second-order valence-electron chi connectivity index (χ2n) is 8.43. The van der Waals surface area contributed by atoms with Gasteiger partial charge < -0.3 is 19.1 Å². The molecule has 1 aromatic carbocycles. The number of anilines is 2. The Morgan fingerprint density at radius 3 is 2.47 bits per heavy atom. The van der Waals surface area contributed by atoms with Gasteiger partial charge in [-0.1, -0.05) is 0 Å². The average molecular weight is 496 g/mol. The Morgan fingerprint density at radius 1 is 1.00 bits per heavy atom. The Kier molecular flexibility index (Phi) is 6.51. The van der Waals surface area contributed by atoms with Crippen LogP contribution in [0.4, 0.5) is 24.5 Å². The second kappa shape index (κ2) is 9.90. The number of aromatic nitrogens is 1. The fraction of sp³-hybridized carbons (Fsp3) is 0.231. The lowest BCUT2D eigenvalue weighted by molar-refractivity contribution is -0.137. The van der Waals surface area contributed by atoms with Gasteiger partial charge in [-0.25, -0.2) is 0 Å². The first-order chi connectivity index (χ1) is 17.4. The molecule has 0 radical (unpaired) electrons. The van der Waals surface area contributed by atoms with Crippen LogP contribution in [0.5, 0.6) is 0 Å². The van der Waals surface area contributed by atoms with E-state index in [1.165, 1.54) is 12.1 Å². The van der Waals surface area contributed by atoms with E-state index in [0.717, 1.165) is 23.5 Å². The fourth-order valence-corrected chi connectivity index (χ4v) is 4.17. The van der Waals surface area contributed by atoms with Crippen molar-refractivity contribution in [1.82, 2.24) is 9.88 Å². The summed E-state index contributed by atoms with van der Waals surface area (Å²) in [5.74, 6) is 0.677. The predicted octanol–water partition coefficient (Wildman–Crippen LogP) is 5.53. The molecule has 3 aromatic heterocycles. The Morgan fingerprint density at radius 2 is 1.78 bits per heavy atom. The number of halogens is 3. The van der Waals surface area contributed by atoms with Gasteiger partial charge in [0.1, 0.15) is 11.5 Å². The molecule has 1 aliphatic heterocycles. The molecule has 5 rings (SSSR count). The van der Waals surface area contributed by atoms with Crippen molar-refractivity contribution in [3.8, 4) is 11.3 Å². The molecule has 1 amide bonds. The van der Waals surface area contributed by atoms with Crippen LogP contribution in [0.2, 0.25) is 0 Å². The molecule has 36 heavy (non-hydrogen) atoms. The Bertz CT molecular complexity index is 1310. The van der Waals surface area contributed by atoms with Crippen molar-refractivity contribution < 1.29 is 26.8 Å². The molecule has 0 aliphatic carbocycles. The van der Waals surface area contributed by atoms with E-state index in [9.17, 15) is 18.0 Å². The highest BCUT2D eigenvalue weighted by Crippen LogP contribution is 2.36. The first kappa shape index (κ1) is 23.7. The van der Waals surface area contributed by atoms with Crippen molar-refractivity contribution in [3.63, 3.8) is 0 Å². The minimum Gasteiger partial charge on any atom is -0.468 e. The van der Waals surface area contributed by atoms with Gasteiger partial charge in [-0.05, 0) is 54.6 Å². The van der Waals surface area contributed by atoms with Crippen LogP contribution < -0.4 is 10.2 Å². The van der Waals surface area contributed by atoms with Crippen molar-refractivity contribution in [2.24, 2.45) is 0 Å². The van der Waals surface area contributed by atoms with Crippen LogP contribution in [0.3, 0.4) is 0 Å². The number of nitrogens with zero attached hydrogens (tertiary/aromatic N) is 3. The lowest BCUT2D eigenvalue weighted by Gasteiger charge is -2.36. The lowest BCUT2D eigenvalue weighted by atomic mass is 10.1. The van der Waals surface area contributed by atoms with E-state index in [2.05, 4.69) is 15.2 Å². The Hall–Kier alpha value is -4.05. The Balaban J connectivity index is 1.34. The van der Waals surface area contributed by atoms with Gasteiger partial charge in [-0.15, -0.1) is 0 Å². The van der Waals surface area contributed by atoms with Crippen LogP contribution in [-0.4, -0.2) is 42.0 Å². The van der Waals surface area contributed by atoms with E-state index < -0.39 is 17.6 Å². The minimum atomic E-state index is -4.54. The van der Waals surface area contributed by atoms with Crippen molar-refractivity contribution in [2.75, 3.05) is 36.4 Å². The molecule has 0 bridgehead atoms. The van der Waals surface area contributed by atoms with Crippen molar-refractivity contribution in [2.45, 2.75) is 12.7 Å². The quantitative estimate of drug-likeness (QED) is 0.379. The summed E-state index contributed by atoms with van der Waals surface area (Å²) >= 11 is 0. The van der Waals surface area contributed by atoms with Crippen LogP contribution in [0, 0.1) is 0 Å². The average Bonchev–Trinajstić information content (AvgIpc) is 3.57. The lowest BCUT2D eigenvalue weighted by Crippen LogP contribution is -2.46. The second-order valence-corrected chi connectivity index (χ2v) is 8.43. The highest BCUT2D eigenvalue weighted by molar-refractivity contribution is 6.04. The van der Waals surface area contributed by atoms with Crippen LogP contribution in [-0.2, 0) is 12.7 Å². The maximum atomic E-state index is 13.5. The van der Waals surface area contributed by atoms with Gasteiger partial charge in [0.25, 0.3) is 5.91 Å². The first-order valence-corrected chi connectivity index (χ1v) is 11.4. The van der Waals surface area contributed by atoms with Crippen LogP contribution in [0.15, 0.2) is 82.1 Å². The maximum absolute atomic E-state index is 13.5. The summed E-state index contributed by atoms with van der Waals surface area (Å²) < 4.78 is 51.4. The smallest absolute Gasteiger partial charge is 0.416 e. The van der Waals surface area contributed by atoms with E-state index >= 15 is 0 Å².